The van der Waals surface area contributed by atoms with E-state index < -0.39 is 0 Å². The van der Waals surface area contributed by atoms with Crippen molar-refractivity contribution in [1.29, 1.82) is 0 Å². The van der Waals surface area contributed by atoms with Crippen molar-refractivity contribution in [1.82, 2.24) is 0 Å². The molecule has 1 unspecified atom stereocenters. The van der Waals surface area contributed by atoms with Gasteiger partial charge in [0.15, 0.2) is 11.5 Å². The molecule has 2 rings (SSSR count). The number of hydrogen-bond acceptors (Lipinski definition) is 4. The van der Waals surface area contributed by atoms with Crippen molar-refractivity contribution in [2.45, 2.75) is 19.3 Å². The minimum Gasteiger partial charge on any atom is -0.508 e. The largest absolute Gasteiger partial charge is 0.508 e. The number of benzene rings is 1. The molecule has 0 aromatic heterocycles. The third kappa shape index (κ3) is 1.96. The predicted octanol–water partition coefficient (Wildman–Crippen LogP) is 1.86. The standard InChI is InChI=1S/C12H14O4/c1-8(2-3-13)9-6-11-12(7-10(9)14)16-5-4-15-11/h3,6-8,14H,2,4-5H2,1H3. The zero-order valence-corrected chi connectivity index (χ0v) is 9.10. The predicted molar refractivity (Wildman–Crippen MR) is 58.2 cm³/mol. The minimum atomic E-state index is -0.0201. The van der Waals surface area contributed by atoms with Crippen LogP contribution in [0, 0.1) is 0 Å². The van der Waals surface area contributed by atoms with Gasteiger partial charge in [-0.25, -0.2) is 0 Å². The molecule has 86 valence electrons. The maximum Gasteiger partial charge on any atom is 0.165 e. The Morgan fingerprint density at radius 1 is 1.38 bits per heavy atom. The molecule has 0 radical (unpaired) electrons. The molecule has 0 saturated carbocycles. The summed E-state index contributed by atoms with van der Waals surface area (Å²) >= 11 is 0. The molecular formula is C12H14O4. The summed E-state index contributed by atoms with van der Waals surface area (Å²) in [6.45, 7) is 2.90. The molecule has 0 fully saturated rings. The summed E-state index contributed by atoms with van der Waals surface area (Å²) in [4.78, 5) is 10.5. The molecule has 0 bridgehead atoms. The fourth-order valence-electron chi connectivity index (χ4n) is 1.76. The van der Waals surface area contributed by atoms with E-state index in [0.29, 0.717) is 31.1 Å². The number of carbonyl (C=O) groups is 1. The second kappa shape index (κ2) is 4.43. The molecule has 0 aliphatic carbocycles. The molecule has 1 aliphatic heterocycles. The van der Waals surface area contributed by atoms with Gasteiger partial charge in [-0.2, -0.15) is 0 Å². The normalized spacial score (nSPS) is 15.6. The highest BCUT2D eigenvalue weighted by Crippen LogP contribution is 2.39. The number of fused-ring (bicyclic) bond motifs is 1. The van der Waals surface area contributed by atoms with E-state index in [2.05, 4.69) is 0 Å². The number of rotatable bonds is 3. The third-order valence-corrected chi connectivity index (χ3v) is 2.67. The van der Waals surface area contributed by atoms with Gasteiger partial charge in [-0.1, -0.05) is 6.92 Å². The summed E-state index contributed by atoms with van der Waals surface area (Å²) < 4.78 is 10.8. The van der Waals surface area contributed by atoms with Gasteiger partial charge in [0.1, 0.15) is 25.2 Å². The summed E-state index contributed by atoms with van der Waals surface area (Å²) in [5.41, 5.74) is 0.719. The van der Waals surface area contributed by atoms with Gasteiger partial charge in [-0.05, 0) is 12.0 Å². The Labute approximate surface area is 93.8 Å². The number of ether oxygens (including phenoxy) is 2. The van der Waals surface area contributed by atoms with Crippen LogP contribution in [0.3, 0.4) is 0 Å². The summed E-state index contributed by atoms with van der Waals surface area (Å²) in [6.07, 6.45) is 1.23. The molecule has 0 spiro atoms. The summed E-state index contributed by atoms with van der Waals surface area (Å²) in [7, 11) is 0. The topological polar surface area (TPSA) is 55.8 Å². The van der Waals surface area contributed by atoms with Crippen molar-refractivity contribution in [3.8, 4) is 17.2 Å². The smallest absolute Gasteiger partial charge is 0.165 e. The van der Waals surface area contributed by atoms with E-state index in [9.17, 15) is 9.90 Å². The van der Waals surface area contributed by atoms with E-state index in [1.54, 1.807) is 12.1 Å². The van der Waals surface area contributed by atoms with Gasteiger partial charge in [0.2, 0.25) is 0 Å². The molecule has 4 nitrogen and oxygen atoms in total. The van der Waals surface area contributed by atoms with E-state index >= 15 is 0 Å². The van der Waals surface area contributed by atoms with Gasteiger partial charge < -0.3 is 19.4 Å². The fraction of sp³-hybridized carbons (Fsp3) is 0.417. The first-order valence-corrected chi connectivity index (χ1v) is 5.28. The average Bonchev–Trinajstić information content (AvgIpc) is 2.28. The highest BCUT2D eigenvalue weighted by molar-refractivity contribution is 5.56. The van der Waals surface area contributed by atoms with Crippen molar-refractivity contribution in [3.05, 3.63) is 17.7 Å². The lowest BCUT2D eigenvalue weighted by Gasteiger charge is -2.21. The Morgan fingerprint density at radius 3 is 2.62 bits per heavy atom. The Morgan fingerprint density at radius 2 is 2.00 bits per heavy atom. The van der Waals surface area contributed by atoms with Crippen molar-refractivity contribution in [2.24, 2.45) is 0 Å². The van der Waals surface area contributed by atoms with E-state index in [0.717, 1.165) is 11.8 Å². The molecule has 1 N–H and O–H groups in total. The van der Waals surface area contributed by atoms with Crippen molar-refractivity contribution in [2.75, 3.05) is 13.2 Å². The first-order chi connectivity index (χ1) is 7.72. The van der Waals surface area contributed by atoms with Gasteiger partial charge >= 0.3 is 0 Å². The average molecular weight is 222 g/mol. The number of aldehydes is 1. The number of aromatic hydroxyl groups is 1. The van der Waals surface area contributed by atoms with Crippen LogP contribution >= 0.6 is 0 Å². The summed E-state index contributed by atoms with van der Waals surface area (Å²) in [5, 5.41) is 9.81. The number of phenolic OH excluding ortho intramolecular Hbond substituents is 1. The molecule has 1 aromatic carbocycles. The molecule has 1 atom stereocenters. The highest BCUT2D eigenvalue weighted by Gasteiger charge is 2.18. The zero-order valence-electron chi connectivity index (χ0n) is 9.10. The van der Waals surface area contributed by atoms with E-state index in [4.69, 9.17) is 9.47 Å². The van der Waals surface area contributed by atoms with Crippen LogP contribution < -0.4 is 9.47 Å². The Hall–Kier alpha value is -1.71. The Balaban J connectivity index is 2.35. The maximum atomic E-state index is 10.5. The van der Waals surface area contributed by atoms with E-state index in [-0.39, 0.29) is 11.7 Å². The monoisotopic (exact) mass is 222 g/mol. The van der Waals surface area contributed by atoms with Crippen LogP contribution in [0.15, 0.2) is 12.1 Å². The highest BCUT2D eigenvalue weighted by atomic mass is 16.6. The van der Waals surface area contributed by atoms with Gasteiger partial charge in [0, 0.05) is 18.1 Å². The molecule has 0 amide bonds. The summed E-state index contributed by atoms with van der Waals surface area (Å²) in [6, 6.07) is 3.29. The van der Waals surface area contributed by atoms with Crippen molar-refractivity contribution >= 4 is 6.29 Å². The van der Waals surface area contributed by atoms with Crippen LogP contribution in [0.2, 0.25) is 0 Å². The molecule has 4 heteroatoms. The number of hydrogen-bond donors (Lipinski definition) is 1. The van der Waals surface area contributed by atoms with E-state index in [1.165, 1.54) is 0 Å². The van der Waals surface area contributed by atoms with Gasteiger partial charge in [0.05, 0.1) is 0 Å². The fourth-order valence-corrected chi connectivity index (χ4v) is 1.76. The van der Waals surface area contributed by atoms with Gasteiger partial charge in [-0.15, -0.1) is 0 Å². The lowest BCUT2D eigenvalue weighted by molar-refractivity contribution is -0.108. The van der Waals surface area contributed by atoms with Crippen LogP contribution in [-0.4, -0.2) is 24.6 Å². The minimum absolute atomic E-state index is 0.0201. The van der Waals surface area contributed by atoms with Crippen molar-refractivity contribution in [3.63, 3.8) is 0 Å². The SMILES string of the molecule is CC(CC=O)c1cc2c(cc1O)OCCO2. The second-order valence-corrected chi connectivity index (χ2v) is 3.86. The van der Waals surface area contributed by atoms with Crippen LogP contribution in [0.4, 0.5) is 0 Å². The first-order valence-electron chi connectivity index (χ1n) is 5.28. The van der Waals surface area contributed by atoms with E-state index in [1.807, 2.05) is 6.92 Å². The Bertz CT molecular complexity index is 400. The van der Waals surface area contributed by atoms with Gasteiger partial charge in [0.25, 0.3) is 0 Å². The third-order valence-electron chi connectivity index (χ3n) is 2.67. The summed E-state index contributed by atoms with van der Waals surface area (Å²) in [5.74, 6) is 1.33. The van der Waals surface area contributed by atoms with Crippen LogP contribution in [0.1, 0.15) is 24.8 Å². The quantitative estimate of drug-likeness (QED) is 0.793. The van der Waals surface area contributed by atoms with Gasteiger partial charge in [-0.3, -0.25) is 0 Å². The zero-order chi connectivity index (χ0) is 11.5. The van der Waals surface area contributed by atoms with Crippen molar-refractivity contribution < 1.29 is 19.4 Å². The lowest BCUT2D eigenvalue weighted by Crippen LogP contribution is -2.15. The lowest BCUT2D eigenvalue weighted by atomic mass is 9.97. The van der Waals surface area contributed by atoms with Crippen LogP contribution in [-0.2, 0) is 4.79 Å². The number of carbonyl (C=O) groups excluding carboxylic acids is 1. The van der Waals surface area contributed by atoms with Crippen LogP contribution in [0.5, 0.6) is 17.2 Å². The molecule has 16 heavy (non-hydrogen) atoms. The molecule has 1 aromatic rings. The molecule has 1 aliphatic rings. The van der Waals surface area contributed by atoms with Crippen LogP contribution in [0.25, 0.3) is 0 Å². The Kier molecular flexibility index (Phi) is 2.99. The first kappa shape index (κ1) is 10.8. The molecular weight excluding hydrogens is 208 g/mol. The molecule has 1 heterocycles. The maximum absolute atomic E-state index is 10.5. The number of phenols is 1. The molecule has 0 saturated heterocycles. The second-order valence-electron chi connectivity index (χ2n) is 3.86.